The van der Waals surface area contributed by atoms with Crippen LogP contribution in [0.15, 0.2) is 66.7 Å². The van der Waals surface area contributed by atoms with Crippen molar-refractivity contribution < 1.29 is 19.4 Å². The number of halogens is 1. The van der Waals surface area contributed by atoms with Crippen molar-refractivity contribution in [2.45, 2.75) is 25.2 Å². The Bertz CT molecular complexity index is 1140. The van der Waals surface area contributed by atoms with Crippen LogP contribution < -0.4 is 5.32 Å². The van der Waals surface area contributed by atoms with Crippen molar-refractivity contribution >= 4 is 34.3 Å². The SMILES string of the molecule is CC1(c2ccc3ccccc3c2)NC(=O)N(CC(O)COCc2ccccc2Cl)C1=O. The van der Waals surface area contributed by atoms with Gasteiger partial charge >= 0.3 is 6.03 Å². The Kier molecular flexibility index (Phi) is 5.96. The Morgan fingerprint density at radius 1 is 1.06 bits per heavy atom. The van der Waals surface area contributed by atoms with Gasteiger partial charge in [0.1, 0.15) is 5.54 Å². The molecule has 4 rings (SSSR count). The molecule has 3 aromatic rings. The summed E-state index contributed by atoms with van der Waals surface area (Å²) >= 11 is 6.09. The summed E-state index contributed by atoms with van der Waals surface area (Å²) in [7, 11) is 0. The van der Waals surface area contributed by atoms with Gasteiger partial charge in [-0.2, -0.15) is 0 Å². The van der Waals surface area contributed by atoms with Gasteiger partial charge in [-0.3, -0.25) is 9.69 Å². The van der Waals surface area contributed by atoms with Crippen molar-refractivity contribution in [3.8, 4) is 0 Å². The molecule has 0 bridgehead atoms. The zero-order chi connectivity index (χ0) is 22.0. The smallest absolute Gasteiger partial charge is 0.325 e. The lowest BCUT2D eigenvalue weighted by atomic mass is 9.90. The largest absolute Gasteiger partial charge is 0.389 e. The molecule has 31 heavy (non-hydrogen) atoms. The second kappa shape index (κ2) is 8.67. The summed E-state index contributed by atoms with van der Waals surface area (Å²) in [6.07, 6.45) is -1.02. The van der Waals surface area contributed by atoms with E-state index in [2.05, 4.69) is 5.32 Å². The molecule has 2 atom stereocenters. The summed E-state index contributed by atoms with van der Waals surface area (Å²) in [6, 6.07) is 20.2. The minimum atomic E-state index is -1.20. The van der Waals surface area contributed by atoms with Crippen molar-refractivity contribution in [2.24, 2.45) is 0 Å². The van der Waals surface area contributed by atoms with Gasteiger partial charge in [0.2, 0.25) is 0 Å². The Hall–Kier alpha value is -2.93. The highest BCUT2D eigenvalue weighted by molar-refractivity contribution is 6.31. The highest BCUT2D eigenvalue weighted by atomic mass is 35.5. The van der Waals surface area contributed by atoms with Gasteiger partial charge in [-0.1, -0.05) is 66.2 Å². The van der Waals surface area contributed by atoms with Gasteiger partial charge in [0.05, 0.1) is 25.9 Å². The van der Waals surface area contributed by atoms with Crippen molar-refractivity contribution in [3.05, 3.63) is 82.9 Å². The van der Waals surface area contributed by atoms with E-state index >= 15 is 0 Å². The van der Waals surface area contributed by atoms with Crippen LogP contribution in [0.4, 0.5) is 4.79 Å². The number of nitrogens with one attached hydrogen (secondary N) is 1. The molecule has 1 saturated heterocycles. The molecule has 0 spiro atoms. The molecule has 1 heterocycles. The van der Waals surface area contributed by atoms with E-state index in [9.17, 15) is 14.7 Å². The Morgan fingerprint density at radius 3 is 2.55 bits per heavy atom. The van der Waals surface area contributed by atoms with Crippen LogP contribution in [0.3, 0.4) is 0 Å². The number of rotatable bonds is 7. The van der Waals surface area contributed by atoms with Gasteiger partial charge in [0, 0.05) is 5.02 Å². The fourth-order valence-corrected chi connectivity index (χ4v) is 3.93. The molecular formula is C24H23ClN2O4. The zero-order valence-corrected chi connectivity index (χ0v) is 17.8. The van der Waals surface area contributed by atoms with E-state index in [-0.39, 0.29) is 19.8 Å². The number of hydrogen-bond donors (Lipinski definition) is 2. The van der Waals surface area contributed by atoms with Crippen LogP contribution in [-0.4, -0.2) is 41.2 Å². The molecule has 3 amide bonds. The van der Waals surface area contributed by atoms with Crippen molar-refractivity contribution in [2.75, 3.05) is 13.2 Å². The number of aliphatic hydroxyl groups excluding tert-OH is 1. The number of benzene rings is 3. The van der Waals surface area contributed by atoms with Gasteiger partial charge in [-0.15, -0.1) is 0 Å². The highest BCUT2D eigenvalue weighted by Gasteiger charge is 2.49. The van der Waals surface area contributed by atoms with Crippen LogP contribution in [0.1, 0.15) is 18.1 Å². The number of nitrogens with zero attached hydrogens (tertiary/aromatic N) is 1. The third-order valence-corrected chi connectivity index (χ3v) is 5.89. The third kappa shape index (κ3) is 4.28. The first-order valence-electron chi connectivity index (χ1n) is 10.0. The molecule has 1 aliphatic rings. The molecule has 0 saturated carbocycles. The number of imide groups is 1. The van der Waals surface area contributed by atoms with E-state index in [4.69, 9.17) is 16.3 Å². The van der Waals surface area contributed by atoms with E-state index in [0.717, 1.165) is 21.2 Å². The molecule has 7 heteroatoms. The van der Waals surface area contributed by atoms with E-state index in [1.807, 2.05) is 60.7 Å². The molecule has 0 radical (unpaired) electrons. The topological polar surface area (TPSA) is 78.9 Å². The Morgan fingerprint density at radius 2 is 1.77 bits per heavy atom. The molecule has 1 aliphatic heterocycles. The number of hydrogen-bond acceptors (Lipinski definition) is 4. The summed E-state index contributed by atoms with van der Waals surface area (Å²) in [5.74, 6) is -0.405. The molecule has 3 aromatic carbocycles. The number of fused-ring (bicyclic) bond motifs is 1. The van der Waals surface area contributed by atoms with Gasteiger partial charge in [0.15, 0.2) is 0 Å². The van der Waals surface area contributed by atoms with E-state index < -0.39 is 23.6 Å². The second-order valence-corrected chi connectivity index (χ2v) is 8.20. The summed E-state index contributed by atoms with van der Waals surface area (Å²) < 4.78 is 5.52. The van der Waals surface area contributed by atoms with Crippen molar-refractivity contribution in [1.29, 1.82) is 0 Å². The number of carbonyl (C=O) groups excluding carboxylic acids is 2. The van der Waals surface area contributed by atoms with Crippen molar-refractivity contribution in [1.82, 2.24) is 10.2 Å². The van der Waals surface area contributed by atoms with Crippen LogP contribution in [0.5, 0.6) is 0 Å². The Balaban J connectivity index is 1.41. The predicted octanol–water partition coefficient (Wildman–Crippen LogP) is 3.84. The van der Waals surface area contributed by atoms with E-state index in [0.29, 0.717) is 10.6 Å². The average Bonchev–Trinajstić information content (AvgIpc) is 2.98. The molecule has 160 valence electrons. The lowest BCUT2D eigenvalue weighted by Crippen LogP contribution is -2.42. The monoisotopic (exact) mass is 438 g/mol. The zero-order valence-electron chi connectivity index (χ0n) is 17.0. The maximum absolute atomic E-state index is 13.1. The first-order chi connectivity index (χ1) is 14.9. The highest BCUT2D eigenvalue weighted by Crippen LogP contribution is 2.31. The van der Waals surface area contributed by atoms with Gasteiger partial charge in [0.25, 0.3) is 5.91 Å². The van der Waals surface area contributed by atoms with Crippen LogP contribution in [0.2, 0.25) is 5.02 Å². The molecule has 0 aliphatic carbocycles. The number of β-amino-alcohol motifs (C(OH)–C–C–N with tert-alkyl or cyclic N) is 1. The number of amides is 3. The van der Waals surface area contributed by atoms with Crippen LogP contribution in [-0.2, 0) is 21.7 Å². The molecule has 0 aromatic heterocycles. The summed E-state index contributed by atoms with van der Waals surface area (Å²) in [4.78, 5) is 26.7. The number of carbonyl (C=O) groups is 2. The summed E-state index contributed by atoms with van der Waals surface area (Å²) in [5.41, 5.74) is 0.297. The Labute approximate surface area is 185 Å². The fourth-order valence-electron chi connectivity index (χ4n) is 3.74. The lowest BCUT2D eigenvalue weighted by Gasteiger charge is -2.23. The number of urea groups is 1. The molecule has 2 N–H and O–H groups in total. The molecule has 6 nitrogen and oxygen atoms in total. The third-order valence-electron chi connectivity index (χ3n) is 5.52. The van der Waals surface area contributed by atoms with Crippen LogP contribution in [0.25, 0.3) is 10.8 Å². The van der Waals surface area contributed by atoms with Gasteiger partial charge in [-0.05, 0) is 41.0 Å². The first kappa shape index (κ1) is 21.3. The second-order valence-electron chi connectivity index (χ2n) is 7.79. The maximum atomic E-state index is 13.1. The quantitative estimate of drug-likeness (QED) is 0.549. The summed E-state index contributed by atoms with van der Waals surface area (Å²) in [6.45, 7) is 1.72. The minimum Gasteiger partial charge on any atom is -0.389 e. The molecule has 1 fully saturated rings. The van der Waals surface area contributed by atoms with Gasteiger partial charge < -0.3 is 15.2 Å². The first-order valence-corrected chi connectivity index (χ1v) is 10.4. The average molecular weight is 439 g/mol. The number of aliphatic hydroxyl groups is 1. The van der Waals surface area contributed by atoms with Gasteiger partial charge in [-0.25, -0.2) is 4.79 Å². The molecule has 2 unspecified atom stereocenters. The lowest BCUT2D eigenvalue weighted by molar-refractivity contribution is -0.132. The standard InChI is InChI=1S/C24H23ClN2O4/c1-24(19-11-10-16-6-2-3-7-17(16)12-19)22(29)27(23(30)26-24)13-20(28)15-31-14-18-8-4-5-9-21(18)25/h2-12,20,28H,13-15H2,1H3,(H,26,30). The fraction of sp³-hybridized carbons (Fsp3) is 0.250. The maximum Gasteiger partial charge on any atom is 0.325 e. The van der Waals surface area contributed by atoms with Crippen molar-refractivity contribution in [3.63, 3.8) is 0 Å². The van der Waals surface area contributed by atoms with E-state index in [1.54, 1.807) is 13.0 Å². The van der Waals surface area contributed by atoms with Crippen LogP contribution >= 0.6 is 11.6 Å². The minimum absolute atomic E-state index is 0.0328. The van der Waals surface area contributed by atoms with E-state index in [1.165, 1.54) is 0 Å². The normalized spacial score (nSPS) is 19.6. The predicted molar refractivity (Wildman–Crippen MR) is 119 cm³/mol. The summed E-state index contributed by atoms with van der Waals surface area (Å²) in [5, 5.41) is 15.7. The van der Waals surface area contributed by atoms with Crippen LogP contribution in [0, 0.1) is 0 Å². The number of ether oxygens (including phenoxy) is 1. The molecular weight excluding hydrogens is 416 g/mol.